The van der Waals surface area contributed by atoms with Crippen molar-refractivity contribution in [2.75, 3.05) is 13.7 Å². The number of methoxy groups -OCH3 is 1. The lowest BCUT2D eigenvalue weighted by atomic mass is 10.1. The molecule has 1 aliphatic heterocycles. The van der Waals surface area contributed by atoms with Gasteiger partial charge in [-0.2, -0.15) is 0 Å². The number of aliphatic carboxylic acids is 1. The molecule has 0 bridgehead atoms. The average Bonchev–Trinajstić information content (AvgIpc) is 2.93. The maximum Gasteiger partial charge on any atom is 0.328 e. The Balaban J connectivity index is 2.88. The molecule has 0 saturated carbocycles. The van der Waals surface area contributed by atoms with Crippen molar-refractivity contribution < 1.29 is 29.0 Å². The molecular weight excluding hydrogens is 294 g/mol. The van der Waals surface area contributed by atoms with Crippen LogP contribution in [0.5, 0.6) is 0 Å². The summed E-state index contributed by atoms with van der Waals surface area (Å²) in [6, 6.07) is -2.89. The highest BCUT2D eigenvalue weighted by Gasteiger charge is 2.39. The van der Waals surface area contributed by atoms with Gasteiger partial charge in [0.1, 0.15) is 12.1 Å². The number of nitrogens with one attached hydrogen (secondary N) is 1. The lowest BCUT2D eigenvalue weighted by Gasteiger charge is -2.27. The third-order valence-electron chi connectivity index (χ3n) is 3.42. The lowest BCUT2D eigenvalue weighted by Crippen LogP contribution is -2.54. The average molecular weight is 315 g/mol. The summed E-state index contributed by atoms with van der Waals surface area (Å²) in [5.74, 6) is -3.05. The number of hydrogen-bond acceptors (Lipinski definition) is 6. The van der Waals surface area contributed by atoms with E-state index in [1.54, 1.807) is 0 Å². The van der Waals surface area contributed by atoms with Crippen LogP contribution in [0.4, 0.5) is 0 Å². The Morgan fingerprint density at radius 3 is 2.55 bits per heavy atom. The predicted octanol–water partition coefficient (Wildman–Crippen LogP) is -1.54. The second-order valence-corrected chi connectivity index (χ2v) is 5.16. The summed E-state index contributed by atoms with van der Waals surface area (Å²) in [5.41, 5.74) is 5.41. The van der Waals surface area contributed by atoms with E-state index in [1.807, 2.05) is 0 Å². The van der Waals surface area contributed by atoms with Crippen molar-refractivity contribution in [1.82, 2.24) is 10.2 Å². The molecule has 0 radical (unpaired) electrons. The molecule has 0 spiro atoms. The maximum atomic E-state index is 12.5. The van der Waals surface area contributed by atoms with Gasteiger partial charge in [-0.15, -0.1) is 0 Å². The molecule has 0 aromatic heterocycles. The van der Waals surface area contributed by atoms with E-state index >= 15 is 0 Å². The molecular formula is C13H21N3O6. The smallest absolute Gasteiger partial charge is 0.328 e. The molecule has 22 heavy (non-hydrogen) atoms. The van der Waals surface area contributed by atoms with Crippen molar-refractivity contribution in [2.45, 2.75) is 44.3 Å². The topological polar surface area (TPSA) is 139 Å². The fourth-order valence-electron chi connectivity index (χ4n) is 2.29. The largest absolute Gasteiger partial charge is 0.481 e. The van der Waals surface area contributed by atoms with Crippen LogP contribution >= 0.6 is 0 Å². The first kappa shape index (κ1) is 17.9. The van der Waals surface area contributed by atoms with E-state index in [-0.39, 0.29) is 0 Å². The first-order chi connectivity index (χ1) is 10.3. The van der Waals surface area contributed by atoms with Crippen molar-refractivity contribution in [3.8, 4) is 0 Å². The molecule has 4 N–H and O–H groups in total. The van der Waals surface area contributed by atoms with E-state index in [0.29, 0.717) is 19.4 Å². The van der Waals surface area contributed by atoms with Crippen LogP contribution in [0.1, 0.15) is 26.2 Å². The van der Waals surface area contributed by atoms with E-state index in [2.05, 4.69) is 10.1 Å². The summed E-state index contributed by atoms with van der Waals surface area (Å²) >= 11 is 0. The number of rotatable bonds is 6. The maximum absolute atomic E-state index is 12.5. The molecule has 9 nitrogen and oxygen atoms in total. The van der Waals surface area contributed by atoms with E-state index in [1.165, 1.54) is 18.9 Å². The van der Waals surface area contributed by atoms with Crippen LogP contribution in [-0.2, 0) is 23.9 Å². The first-order valence-corrected chi connectivity index (χ1v) is 6.94. The van der Waals surface area contributed by atoms with Crippen molar-refractivity contribution in [3.63, 3.8) is 0 Å². The first-order valence-electron chi connectivity index (χ1n) is 6.94. The van der Waals surface area contributed by atoms with Gasteiger partial charge >= 0.3 is 11.9 Å². The molecule has 9 heteroatoms. The predicted molar refractivity (Wildman–Crippen MR) is 74.6 cm³/mol. The number of carbonyl (C=O) groups excluding carboxylic acids is 3. The van der Waals surface area contributed by atoms with Gasteiger partial charge in [-0.05, 0) is 19.8 Å². The molecule has 0 aliphatic carbocycles. The Hall–Kier alpha value is -2.16. The highest BCUT2D eigenvalue weighted by atomic mass is 16.5. The second-order valence-electron chi connectivity index (χ2n) is 5.16. The Labute approximate surface area is 127 Å². The monoisotopic (exact) mass is 315 g/mol. The number of carboxylic acid groups (broad SMARTS) is 1. The molecule has 1 aliphatic rings. The lowest BCUT2D eigenvalue weighted by molar-refractivity contribution is -0.152. The van der Waals surface area contributed by atoms with E-state index in [9.17, 15) is 19.2 Å². The Kier molecular flexibility index (Phi) is 6.29. The normalized spacial score (nSPS) is 20.1. The molecule has 0 aromatic carbocycles. The number of amides is 2. The number of carbonyl (C=O) groups is 4. The molecule has 0 aromatic rings. The number of nitrogens with two attached hydrogens (primary N) is 1. The SMILES string of the molecule is COC(=O)[C@@H]1CCCN1C(=O)[C@H](CC(=O)O)NC(=O)[C@@H](C)N. The van der Waals surface area contributed by atoms with Crippen molar-refractivity contribution in [3.05, 3.63) is 0 Å². The van der Waals surface area contributed by atoms with Crippen LogP contribution in [0.25, 0.3) is 0 Å². The van der Waals surface area contributed by atoms with E-state index < -0.39 is 48.3 Å². The zero-order valence-corrected chi connectivity index (χ0v) is 12.6. The molecule has 1 fully saturated rings. The molecule has 3 atom stereocenters. The van der Waals surface area contributed by atoms with Crippen molar-refractivity contribution in [2.24, 2.45) is 5.73 Å². The van der Waals surface area contributed by atoms with Crippen LogP contribution in [0.3, 0.4) is 0 Å². The van der Waals surface area contributed by atoms with Crippen LogP contribution < -0.4 is 11.1 Å². The Morgan fingerprint density at radius 1 is 1.41 bits per heavy atom. The fraction of sp³-hybridized carbons (Fsp3) is 0.692. The number of hydrogen-bond donors (Lipinski definition) is 3. The van der Waals surface area contributed by atoms with Crippen molar-refractivity contribution >= 4 is 23.8 Å². The molecule has 0 unspecified atom stereocenters. The van der Waals surface area contributed by atoms with Gasteiger partial charge in [-0.3, -0.25) is 14.4 Å². The van der Waals surface area contributed by atoms with E-state index in [4.69, 9.17) is 10.8 Å². The summed E-state index contributed by atoms with van der Waals surface area (Å²) in [7, 11) is 1.22. The highest BCUT2D eigenvalue weighted by molar-refractivity contribution is 5.94. The zero-order chi connectivity index (χ0) is 16.9. The van der Waals surface area contributed by atoms with Gasteiger partial charge in [0.25, 0.3) is 0 Å². The summed E-state index contributed by atoms with van der Waals surface area (Å²) in [4.78, 5) is 47.9. The number of ether oxygens (including phenoxy) is 1. The third-order valence-corrected chi connectivity index (χ3v) is 3.42. The minimum atomic E-state index is -1.26. The minimum absolute atomic E-state index is 0.308. The third kappa shape index (κ3) is 4.42. The summed E-state index contributed by atoms with van der Waals surface area (Å²) in [6.07, 6.45) is 0.466. The van der Waals surface area contributed by atoms with E-state index in [0.717, 1.165) is 0 Å². The Bertz CT molecular complexity index is 465. The Morgan fingerprint density at radius 2 is 2.05 bits per heavy atom. The van der Waals surface area contributed by atoms with Crippen molar-refractivity contribution in [1.29, 1.82) is 0 Å². The summed E-state index contributed by atoms with van der Waals surface area (Å²) in [6.45, 7) is 1.73. The van der Waals surface area contributed by atoms with Crippen LogP contribution in [0, 0.1) is 0 Å². The molecule has 1 rings (SSSR count). The van der Waals surface area contributed by atoms with Gasteiger partial charge in [0.15, 0.2) is 0 Å². The number of nitrogens with zero attached hydrogens (tertiary/aromatic N) is 1. The van der Waals surface area contributed by atoms with Crippen LogP contribution in [0.15, 0.2) is 0 Å². The second kappa shape index (κ2) is 7.74. The number of carboxylic acids is 1. The molecule has 1 heterocycles. The molecule has 124 valence electrons. The minimum Gasteiger partial charge on any atom is -0.481 e. The van der Waals surface area contributed by atoms with Crippen LogP contribution in [0.2, 0.25) is 0 Å². The number of likely N-dealkylation sites (tertiary alicyclic amines) is 1. The van der Waals surface area contributed by atoms with Gasteiger partial charge in [0, 0.05) is 6.54 Å². The quantitative estimate of drug-likeness (QED) is 0.505. The highest BCUT2D eigenvalue weighted by Crippen LogP contribution is 2.20. The van der Waals surface area contributed by atoms with Gasteiger partial charge in [-0.1, -0.05) is 0 Å². The standard InChI is InChI=1S/C13H21N3O6/c1-7(14)11(19)15-8(6-10(17)18)12(20)16-5-3-4-9(16)13(21)22-2/h7-9H,3-6,14H2,1-2H3,(H,15,19)(H,17,18)/t7-,8+,9+/m1/s1. The zero-order valence-electron chi connectivity index (χ0n) is 12.6. The summed E-state index contributed by atoms with van der Waals surface area (Å²) in [5, 5.41) is 11.2. The molecule has 1 saturated heterocycles. The van der Waals surface area contributed by atoms with Gasteiger partial charge in [0.2, 0.25) is 11.8 Å². The van der Waals surface area contributed by atoms with Gasteiger partial charge in [0.05, 0.1) is 19.6 Å². The van der Waals surface area contributed by atoms with Crippen LogP contribution in [-0.4, -0.2) is 65.5 Å². The van der Waals surface area contributed by atoms with Gasteiger partial charge in [-0.25, -0.2) is 4.79 Å². The fourth-order valence-corrected chi connectivity index (χ4v) is 2.29. The van der Waals surface area contributed by atoms with Gasteiger partial charge < -0.3 is 25.8 Å². The summed E-state index contributed by atoms with van der Waals surface area (Å²) < 4.78 is 4.64. The number of esters is 1. The molecule has 2 amide bonds.